The molecule has 1 aliphatic rings. The molecule has 20 heavy (non-hydrogen) atoms. The standard InChI is InChI=1S/C13H17N3O2S2/c1-10-6-4-5-9-16(10)15-20(17,18)13-14-11-7-2-3-8-12(11)19-13/h2-3,7-8,10,15H,4-6,9H2,1H3. The lowest BCUT2D eigenvalue weighted by atomic mass is 10.1. The third kappa shape index (κ3) is 2.71. The van der Waals surface area contributed by atoms with Gasteiger partial charge in [-0.1, -0.05) is 18.6 Å². The number of hydrazine groups is 1. The average molecular weight is 311 g/mol. The van der Waals surface area contributed by atoms with Gasteiger partial charge in [0.1, 0.15) is 0 Å². The molecule has 0 bridgehead atoms. The van der Waals surface area contributed by atoms with Crippen LogP contribution < -0.4 is 4.83 Å². The maximum Gasteiger partial charge on any atom is 0.280 e. The molecule has 7 heteroatoms. The Morgan fingerprint density at radius 3 is 2.90 bits per heavy atom. The number of nitrogens with one attached hydrogen (secondary N) is 1. The molecule has 2 heterocycles. The van der Waals surface area contributed by atoms with Gasteiger partial charge in [-0.15, -0.1) is 16.2 Å². The van der Waals surface area contributed by atoms with Gasteiger partial charge in [-0.25, -0.2) is 18.4 Å². The van der Waals surface area contributed by atoms with E-state index in [4.69, 9.17) is 0 Å². The second-order valence-corrected chi connectivity index (χ2v) is 7.95. The van der Waals surface area contributed by atoms with Gasteiger partial charge in [0.15, 0.2) is 0 Å². The summed E-state index contributed by atoms with van der Waals surface area (Å²) in [5, 5.41) is 1.81. The van der Waals surface area contributed by atoms with E-state index in [2.05, 4.69) is 9.82 Å². The SMILES string of the molecule is CC1CCCCN1NS(=O)(=O)c1nc2ccccc2s1. The van der Waals surface area contributed by atoms with Crippen LogP contribution in [-0.2, 0) is 10.0 Å². The summed E-state index contributed by atoms with van der Waals surface area (Å²) in [5.74, 6) is 0. The Labute approximate surface area is 122 Å². The molecule has 0 amide bonds. The monoisotopic (exact) mass is 311 g/mol. The van der Waals surface area contributed by atoms with Gasteiger partial charge in [-0.05, 0) is 31.9 Å². The molecule has 1 N–H and O–H groups in total. The molecular formula is C13H17N3O2S2. The first-order valence-corrected chi connectivity index (χ1v) is 9.01. The topological polar surface area (TPSA) is 62.3 Å². The molecule has 108 valence electrons. The molecule has 5 nitrogen and oxygen atoms in total. The Hall–Kier alpha value is -1.02. The lowest BCUT2D eigenvalue weighted by molar-refractivity contribution is 0.134. The van der Waals surface area contributed by atoms with Crippen LogP contribution in [0.4, 0.5) is 0 Å². The van der Waals surface area contributed by atoms with Gasteiger partial charge < -0.3 is 0 Å². The van der Waals surface area contributed by atoms with Crippen LogP contribution in [0.5, 0.6) is 0 Å². The number of hydrogen-bond acceptors (Lipinski definition) is 5. The number of piperidine rings is 1. The maximum atomic E-state index is 12.4. The van der Waals surface area contributed by atoms with Crippen molar-refractivity contribution in [2.45, 2.75) is 36.6 Å². The zero-order chi connectivity index (χ0) is 14.2. The van der Waals surface area contributed by atoms with E-state index in [1.54, 1.807) is 0 Å². The van der Waals surface area contributed by atoms with Gasteiger partial charge in [-0.3, -0.25) is 0 Å². The Morgan fingerprint density at radius 1 is 1.35 bits per heavy atom. The largest absolute Gasteiger partial charge is 0.280 e. The third-order valence-electron chi connectivity index (χ3n) is 3.54. The molecule has 0 spiro atoms. The number of aromatic nitrogens is 1. The van der Waals surface area contributed by atoms with E-state index in [-0.39, 0.29) is 10.4 Å². The second-order valence-electron chi connectivity index (χ2n) is 5.08. The minimum atomic E-state index is -3.57. The molecule has 1 fully saturated rings. The summed E-state index contributed by atoms with van der Waals surface area (Å²) in [4.78, 5) is 6.89. The van der Waals surface area contributed by atoms with Crippen molar-refractivity contribution >= 4 is 31.6 Å². The van der Waals surface area contributed by atoms with Crippen molar-refractivity contribution < 1.29 is 8.42 Å². The summed E-state index contributed by atoms with van der Waals surface area (Å²) >= 11 is 1.21. The number of thiazole rings is 1. The van der Waals surface area contributed by atoms with E-state index in [0.29, 0.717) is 0 Å². The van der Waals surface area contributed by atoms with Crippen molar-refractivity contribution in [1.82, 2.24) is 14.8 Å². The predicted molar refractivity (Wildman–Crippen MR) is 80.0 cm³/mol. The van der Waals surface area contributed by atoms with Crippen molar-refractivity contribution in [2.75, 3.05) is 6.54 Å². The normalized spacial score (nSPS) is 21.4. The highest BCUT2D eigenvalue weighted by molar-refractivity contribution is 7.91. The van der Waals surface area contributed by atoms with Crippen LogP contribution in [0.1, 0.15) is 26.2 Å². The Morgan fingerprint density at radius 2 is 2.15 bits per heavy atom. The van der Waals surface area contributed by atoms with Crippen LogP contribution >= 0.6 is 11.3 Å². The molecule has 1 unspecified atom stereocenters. The first-order chi connectivity index (χ1) is 9.56. The molecule has 0 aliphatic carbocycles. The highest BCUT2D eigenvalue weighted by Crippen LogP contribution is 2.25. The lowest BCUT2D eigenvalue weighted by Gasteiger charge is -2.32. The number of rotatable bonds is 3. The molecule has 3 rings (SSSR count). The van der Waals surface area contributed by atoms with Crippen LogP contribution in [0.2, 0.25) is 0 Å². The highest BCUT2D eigenvalue weighted by Gasteiger charge is 2.26. The van der Waals surface area contributed by atoms with Gasteiger partial charge in [0.2, 0.25) is 4.34 Å². The molecule has 0 radical (unpaired) electrons. The van der Waals surface area contributed by atoms with E-state index >= 15 is 0 Å². The van der Waals surface area contributed by atoms with Gasteiger partial charge >= 0.3 is 0 Å². The number of hydrogen-bond donors (Lipinski definition) is 1. The fourth-order valence-electron chi connectivity index (χ4n) is 2.39. The van der Waals surface area contributed by atoms with Crippen LogP contribution in [0.3, 0.4) is 0 Å². The second kappa shape index (κ2) is 5.40. The van der Waals surface area contributed by atoms with E-state index < -0.39 is 10.0 Å². The van der Waals surface area contributed by atoms with E-state index in [1.807, 2.05) is 36.2 Å². The molecule has 2 aromatic rings. The Balaban J connectivity index is 1.87. The number of benzene rings is 1. The van der Waals surface area contributed by atoms with Crippen molar-refractivity contribution in [3.8, 4) is 0 Å². The zero-order valence-corrected chi connectivity index (χ0v) is 12.9. The molecule has 0 saturated carbocycles. The Bertz CT molecular complexity index is 678. The maximum absolute atomic E-state index is 12.4. The number of sulfonamides is 1. The molecular weight excluding hydrogens is 294 g/mol. The van der Waals surface area contributed by atoms with E-state index in [9.17, 15) is 8.42 Å². The van der Waals surface area contributed by atoms with Gasteiger partial charge in [-0.2, -0.15) is 0 Å². The zero-order valence-electron chi connectivity index (χ0n) is 11.2. The molecule has 1 atom stereocenters. The van der Waals surface area contributed by atoms with Crippen LogP contribution in [0.25, 0.3) is 10.2 Å². The van der Waals surface area contributed by atoms with Crippen molar-refractivity contribution in [3.05, 3.63) is 24.3 Å². The van der Waals surface area contributed by atoms with Gasteiger partial charge in [0.05, 0.1) is 10.2 Å². The van der Waals surface area contributed by atoms with Crippen molar-refractivity contribution in [1.29, 1.82) is 0 Å². The predicted octanol–water partition coefficient (Wildman–Crippen LogP) is 2.36. The number of nitrogens with zero attached hydrogens (tertiary/aromatic N) is 2. The summed E-state index contributed by atoms with van der Waals surface area (Å²) in [6.45, 7) is 2.80. The van der Waals surface area contributed by atoms with Gasteiger partial charge in [0, 0.05) is 12.6 Å². The first kappa shape index (κ1) is 13.9. The molecule has 1 aromatic heterocycles. The smallest absolute Gasteiger partial charge is 0.228 e. The average Bonchev–Trinajstić information content (AvgIpc) is 2.86. The number of para-hydroxylation sites is 1. The number of fused-ring (bicyclic) bond motifs is 1. The van der Waals surface area contributed by atoms with Crippen LogP contribution in [0.15, 0.2) is 28.6 Å². The fraction of sp³-hybridized carbons (Fsp3) is 0.462. The van der Waals surface area contributed by atoms with E-state index in [0.717, 1.165) is 36.0 Å². The molecule has 1 aromatic carbocycles. The summed E-state index contributed by atoms with van der Waals surface area (Å²) in [6.07, 6.45) is 3.19. The first-order valence-electron chi connectivity index (χ1n) is 6.71. The molecule has 1 aliphatic heterocycles. The van der Waals surface area contributed by atoms with E-state index in [1.165, 1.54) is 11.3 Å². The third-order valence-corrected chi connectivity index (χ3v) is 6.31. The summed E-state index contributed by atoms with van der Waals surface area (Å²) < 4.78 is 25.8. The van der Waals surface area contributed by atoms with Gasteiger partial charge in [0.25, 0.3) is 10.0 Å². The fourth-order valence-corrected chi connectivity index (χ4v) is 4.79. The Kier molecular flexibility index (Phi) is 3.76. The quantitative estimate of drug-likeness (QED) is 0.945. The summed E-state index contributed by atoms with van der Waals surface area (Å²) in [6, 6.07) is 7.69. The van der Waals surface area contributed by atoms with Crippen LogP contribution in [0, 0.1) is 0 Å². The minimum Gasteiger partial charge on any atom is -0.228 e. The minimum absolute atomic E-state index is 0.136. The summed E-state index contributed by atoms with van der Waals surface area (Å²) in [7, 11) is -3.57. The van der Waals surface area contributed by atoms with Crippen molar-refractivity contribution in [3.63, 3.8) is 0 Å². The van der Waals surface area contributed by atoms with Crippen molar-refractivity contribution in [2.24, 2.45) is 0 Å². The highest BCUT2D eigenvalue weighted by atomic mass is 32.2. The molecule has 1 saturated heterocycles. The lowest BCUT2D eigenvalue weighted by Crippen LogP contribution is -2.49. The summed E-state index contributed by atoms with van der Waals surface area (Å²) in [5.41, 5.74) is 0.726. The van der Waals surface area contributed by atoms with Crippen LogP contribution in [-0.4, -0.2) is 31.0 Å².